The van der Waals surface area contributed by atoms with Gasteiger partial charge in [0.2, 0.25) is 5.91 Å². The number of amides is 1. The summed E-state index contributed by atoms with van der Waals surface area (Å²) in [5.74, 6) is 0.137. The van der Waals surface area contributed by atoms with Gasteiger partial charge in [-0.05, 0) is 64.2 Å². The fraction of sp³-hybridized carbons (Fsp3) is 0.458. The molecule has 6 nitrogen and oxygen atoms in total. The van der Waals surface area contributed by atoms with Crippen LogP contribution in [-0.4, -0.2) is 40.5 Å². The first-order valence-electron chi connectivity index (χ1n) is 11.1. The van der Waals surface area contributed by atoms with Gasteiger partial charge in [-0.25, -0.2) is 4.98 Å². The zero-order valence-electron chi connectivity index (χ0n) is 18.8. The Morgan fingerprint density at radius 2 is 2.06 bits per heavy atom. The number of thioether (sulfide) groups is 1. The van der Waals surface area contributed by atoms with Gasteiger partial charge in [0.25, 0.3) is 5.56 Å². The maximum atomic E-state index is 13.6. The number of rotatable bonds is 9. The molecule has 0 unspecified atom stereocenters. The Balaban J connectivity index is 1.56. The van der Waals surface area contributed by atoms with Crippen molar-refractivity contribution in [2.45, 2.75) is 57.7 Å². The average Bonchev–Trinajstić information content (AvgIpc) is 3.33. The molecule has 1 aliphatic carbocycles. The first-order valence-corrected chi connectivity index (χ1v) is 12.9. The van der Waals surface area contributed by atoms with Crippen LogP contribution < -0.4 is 10.9 Å². The maximum Gasteiger partial charge on any atom is 0.267 e. The molecule has 0 spiro atoms. The maximum absolute atomic E-state index is 13.6. The van der Waals surface area contributed by atoms with Crippen LogP contribution in [0.15, 0.2) is 34.2 Å². The molecule has 32 heavy (non-hydrogen) atoms. The molecule has 0 fully saturated rings. The number of aryl methyl sites for hydroxylation is 3. The van der Waals surface area contributed by atoms with E-state index in [9.17, 15) is 9.59 Å². The van der Waals surface area contributed by atoms with Crippen molar-refractivity contribution in [1.29, 1.82) is 0 Å². The van der Waals surface area contributed by atoms with E-state index in [1.807, 2.05) is 45.0 Å². The van der Waals surface area contributed by atoms with Crippen molar-refractivity contribution < 1.29 is 9.53 Å². The molecule has 4 rings (SSSR count). The second-order valence-electron chi connectivity index (χ2n) is 8.32. The Morgan fingerprint density at radius 3 is 2.81 bits per heavy atom. The molecule has 1 N–H and O–H groups in total. The number of carbonyl (C=O) groups is 1. The molecule has 0 saturated carbocycles. The Bertz CT molecular complexity index is 1170. The van der Waals surface area contributed by atoms with Crippen LogP contribution in [0.3, 0.4) is 0 Å². The van der Waals surface area contributed by atoms with Crippen molar-refractivity contribution >= 4 is 39.2 Å². The van der Waals surface area contributed by atoms with Gasteiger partial charge in [-0.1, -0.05) is 29.5 Å². The molecule has 2 aromatic heterocycles. The number of ether oxygens (including phenoxy) is 1. The molecule has 0 aliphatic heterocycles. The SMILES string of the molecule is Cc1ccc(-n2c(SCC(=O)NCCCOC(C)C)nc3sc4c(c3c2=O)CCC4)cc1. The molecular weight excluding hydrogens is 442 g/mol. The summed E-state index contributed by atoms with van der Waals surface area (Å²) in [5, 5.41) is 4.24. The monoisotopic (exact) mass is 471 g/mol. The van der Waals surface area contributed by atoms with Gasteiger partial charge in [-0.3, -0.25) is 14.2 Å². The number of hydrogen-bond donors (Lipinski definition) is 1. The topological polar surface area (TPSA) is 73.2 Å². The molecule has 8 heteroatoms. The van der Waals surface area contributed by atoms with Crippen LogP contribution in [0.25, 0.3) is 15.9 Å². The molecule has 0 bridgehead atoms. The quantitative estimate of drug-likeness (QED) is 0.287. The Hall–Kier alpha value is -2.16. The van der Waals surface area contributed by atoms with E-state index < -0.39 is 0 Å². The third-order valence-electron chi connectivity index (χ3n) is 5.43. The van der Waals surface area contributed by atoms with E-state index in [-0.39, 0.29) is 23.3 Å². The normalized spacial score (nSPS) is 13.1. The average molecular weight is 472 g/mol. The molecule has 1 amide bonds. The molecule has 2 heterocycles. The highest BCUT2D eigenvalue weighted by Gasteiger charge is 2.24. The Morgan fingerprint density at radius 1 is 1.28 bits per heavy atom. The second kappa shape index (κ2) is 10.2. The number of nitrogens with zero attached hydrogens (tertiary/aromatic N) is 2. The smallest absolute Gasteiger partial charge is 0.267 e. The van der Waals surface area contributed by atoms with Gasteiger partial charge in [-0.15, -0.1) is 11.3 Å². The van der Waals surface area contributed by atoms with Crippen LogP contribution in [0, 0.1) is 6.92 Å². The standard InChI is InChI=1S/C24H29N3O3S2/c1-15(2)30-13-5-12-25-20(28)14-31-24-26-22-21(18-6-4-7-19(18)32-22)23(29)27(24)17-10-8-16(3)9-11-17/h8-11,15H,4-7,12-14H2,1-3H3,(H,25,28). The largest absolute Gasteiger partial charge is 0.379 e. The van der Waals surface area contributed by atoms with E-state index in [0.717, 1.165) is 47.2 Å². The van der Waals surface area contributed by atoms with E-state index in [1.54, 1.807) is 15.9 Å². The zero-order chi connectivity index (χ0) is 22.7. The van der Waals surface area contributed by atoms with Gasteiger partial charge in [0.1, 0.15) is 4.83 Å². The number of thiophene rings is 1. The van der Waals surface area contributed by atoms with E-state index in [2.05, 4.69) is 5.32 Å². The number of hydrogen-bond acceptors (Lipinski definition) is 6. The predicted molar refractivity (Wildman–Crippen MR) is 131 cm³/mol. The van der Waals surface area contributed by atoms with Gasteiger partial charge in [-0.2, -0.15) is 0 Å². The summed E-state index contributed by atoms with van der Waals surface area (Å²) in [6.45, 7) is 7.20. The number of carbonyl (C=O) groups excluding carboxylic acids is 1. The minimum Gasteiger partial charge on any atom is -0.379 e. The van der Waals surface area contributed by atoms with Crippen molar-refractivity contribution in [2.24, 2.45) is 0 Å². The molecule has 3 aromatic rings. The van der Waals surface area contributed by atoms with E-state index in [4.69, 9.17) is 9.72 Å². The predicted octanol–water partition coefficient (Wildman–Crippen LogP) is 4.27. The summed E-state index contributed by atoms with van der Waals surface area (Å²) in [4.78, 5) is 32.9. The van der Waals surface area contributed by atoms with Gasteiger partial charge in [0.15, 0.2) is 5.16 Å². The Labute approximate surface area is 196 Å². The van der Waals surface area contributed by atoms with Gasteiger partial charge in [0.05, 0.1) is 22.9 Å². The van der Waals surface area contributed by atoms with Crippen LogP contribution in [0.1, 0.15) is 42.7 Å². The Kier molecular flexibility index (Phi) is 7.33. The summed E-state index contributed by atoms with van der Waals surface area (Å²) in [6, 6.07) is 7.86. The van der Waals surface area contributed by atoms with Crippen LogP contribution in [0.4, 0.5) is 0 Å². The van der Waals surface area contributed by atoms with E-state index in [1.165, 1.54) is 22.2 Å². The first kappa shape index (κ1) is 23.0. The lowest BCUT2D eigenvalue weighted by Gasteiger charge is -2.13. The molecule has 0 radical (unpaired) electrons. The summed E-state index contributed by atoms with van der Waals surface area (Å²) >= 11 is 2.93. The zero-order valence-corrected chi connectivity index (χ0v) is 20.4. The fourth-order valence-corrected chi connectivity index (χ4v) is 5.99. The number of benzene rings is 1. The number of aromatic nitrogens is 2. The van der Waals surface area contributed by atoms with Crippen LogP contribution >= 0.6 is 23.1 Å². The highest BCUT2D eigenvalue weighted by molar-refractivity contribution is 7.99. The van der Waals surface area contributed by atoms with Crippen molar-refractivity contribution in [1.82, 2.24) is 14.9 Å². The fourth-order valence-electron chi connectivity index (χ4n) is 3.84. The minimum atomic E-state index is -0.0713. The van der Waals surface area contributed by atoms with Crippen LogP contribution in [-0.2, 0) is 22.4 Å². The van der Waals surface area contributed by atoms with Crippen molar-refractivity contribution in [3.63, 3.8) is 0 Å². The molecule has 1 aliphatic rings. The number of fused-ring (bicyclic) bond motifs is 3. The molecule has 1 aromatic carbocycles. The van der Waals surface area contributed by atoms with E-state index >= 15 is 0 Å². The van der Waals surface area contributed by atoms with Gasteiger partial charge in [0, 0.05) is 18.0 Å². The third kappa shape index (κ3) is 5.08. The first-order chi connectivity index (χ1) is 15.4. The van der Waals surface area contributed by atoms with Crippen LogP contribution in [0.5, 0.6) is 0 Å². The van der Waals surface area contributed by atoms with Gasteiger partial charge >= 0.3 is 0 Å². The van der Waals surface area contributed by atoms with E-state index in [0.29, 0.717) is 18.3 Å². The number of nitrogens with one attached hydrogen (secondary N) is 1. The summed E-state index contributed by atoms with van der Waals surface area (Å²) < 4.78 is 7.17. The van der Waals surface area contributed by atoms with Crippen molar-refractivity contribution in [3.8, 4) is 5.69 Å². The van der Waals surface area contributed by atoms with Crippen LogP contribution in [0.2, 0.25) is 0 Å². The highest BCUT2D eigenvalue weighted by Crippen LogP contribution is 2.36. The lowest BCUT2D eigenvalue weighted by atomic mass is 10.2. The molecule has 170 valence electrons. The molecule has 0 atom stereocenters. The third-order valence-corrected chi connectivity index (χ3v) is 7.55. The van der Waals surface area contributed by atoms with Crippen molar-refractivity contribution in [3.05, 3.63) is 50.6 Å². The summed E-state index contributed by atoms with van der Waals surface area (Å²) in [7, 11) is 0. The second-order valence-corrected chi connectivity index (χ2v) is 10.3. The molecular formula is C24H29N3O3S2. The minimum absolute atomic E-state index is 0.0352. The molecule has 0 saturated heterocycles. The summed E-state index contributed by atoms with van der Waals surface area (Å²) in [6.07, 6.45) is 4.02. The van der Waals surface area contributed by atoms with Crippen molar-refractivity contribution in [2.75, 3.05) is 18.9 Å². The van der Waals surface area contributed by atoms with Gasteiger partial charge < -0.3 is 10.1 Å². The lowest BCUT2D eigenvalue weighted by Crippen LogP contribution is -2.28. The lowest BCUT2D eigenvalue weighted by molar-refractivity contribution is -0.118. The summed E-state index contributed by atoms with van der Waals surface area (Å²) in [5.41, 5.74) is 3.04. The highest BCUT2D eigenvalue weighted by atomic mass is 32.2.